The smallest absolute Gasteiger partial charge is 0.296 e. The molecule has 0 aliphatic heterocycles. The lowest BCUT2D eigenvalue weighted by Crippen LogP contribution is -2.14. The molecule has 0 atom stereocenters. The summed E-state index contributed by atoms with van der Waals surface area (Å²) in [6, 6.07) is 0. The summed E-state index contributed by atoms with van der Waals surface area (Å²) in [5.74, 6) is -0.657. The van der Waals surface area contributed by atoms with Crippen molar-refractivity contribution in [3.63, 3.8) is 0 Å². The number of hydrogen-bond acceptors (Lipinski definition) is 5. The van der Waals surface area contributed by atoms with Crippen molar-refractivity contribution in [2.75, 3.05) is 5.32 Å². The third kappa shape index (κ3) is 3.25. The minimum Gasteiger partial charge on any atom is -0.296 e. The standard InChI is InChI=1S/C10H7F3N4OS/c1-5-2-15-6(3-14-5)8(18)17-9-16-7(4-19-9)10(11,12)13/h2-4H,1H3,(H,16,17,18). The van der Waals surface area contributed by atoms with Crippen LogP contribution in [0.25, 0.3) is 0 Å². The van der Waals surface area contributed by atoms with Gasteiger partial charge in [0, 0.05) is 11.6 Å². The molecule has 2 aromatic heterocycles. The molecule has 5 nitrogen and oxygen atoms in total. The predicted molar refractivity (Wildman–Crippen MR) is 61.8 cm³/mol. The molecule has 19 heavy (non-hydrogen) atoms. The molecule has 0 saturated heterocycles. The van der Waals surface area contributed by atoms with E-state index in [1.807, 2.05) is 0 Å². The molecule has 0 aromatic carbocycles. The number of thiazole rings is 1. The molecule has 100 valence electrons. The largest absolute Gasteiger partial charge is 0.434 e. The molecule has 9 heteroatoms. The van der Waals surface area contributed by atoms with Crippen LogP contribution in [0.2, 0.25) is 0 Å². The van der Waals surface area contributed by atoms with Gasteiger partial charge in [0.1, 0.15) is 5.69 Å². The number of alkyl halides is 3. The quantitative estimate of drug-likeness (QED) is 0.922. The number of halogens is 3. The molecule has 2 rings (SSSR count). The van der Waals surface area contributed by atoms with Crippen LogP contribution in [0, 0.1) is 6.92 Å². The van der Waals surface area contributed by atoms with Gasteiger partial charge in [-0.15, -0.1) is 11.3 Å². The zero-order valence-electron chi connectivity index (χ0n) is 9.52. The van der Waals surface area contributed by atoms with Crippen molar-refractivity contribution in [1.29, 1.82) is 0 Å². The number of nitrogens with one attached hydrogen (secondary N) is 1. The number of aromatic nitrogens is 3. The minimum absolute atomic E-state index is 0.00867. The average Bonchev–Trinajstić information content (AvgIpc) is 2.78. The molecule has 0 aliphatic rings. The molecule has 0 radical (unpaired) electrons. The molecule has 0 spiro atoms. The topological polar surface area (TPSA) is 67.8 Å². The Morgan fingerprint density at radius 3 is 2.58 bits per heavy atom. The first-order valence-corrected chi connectivity index (χ1v) is 5.87. The van der Waals surface area contributed by atoms with Crippen molar-refractivity contribution in [3.05, 3.63) is 34.9 Å². The van der Waals surface area contributed by atoms with Crippen molar-refractivity contribution >= 4 is 22.4 Å². The van der Waals surface area contributed by atoms with E-state index in [1.165, 1.54) is 12.4 Å². The van der Waals surface area contributed by atoms with Crippen molar-refractivity contribution in [2.45, 2.75) is 13.1 Å². The van der Waals surface area contributed by atoms with Gasteiger partial charge in [-0.3, -0.25) is 15.1 Å². The predicted octanol–water partition coefficient (Wildman–Crippen LogP) is 2.51. The number of carbonyl (C=O) groups excluding carboxylic acids is 1. The van der Waals surface area contributed by atoms with Gasteiger partial charge in [0.15, 0.2) is 10.8 Å². The molecule has 2 aromatic rings. The first kappa shape index (κ1) is 13.4. The molecule has 1 N–H and O–H groups in total. The van der Waals surface area contributed by atoms with E-state index in [2.05, 4.69) is 20.3 Å². The van der Waals surface area contributed by atoms with Gasteiger partial charge in [-0.25, -0.2) is 9.97 Å². The van der Waals surface area contributed by atoms with Gasteiger partial charge >= 0.3 is 6.18 Å². The summed E-state index contributed by atoms with van der Waals surface area (Å²) in [7, 11) is 0. The molecule has 0 fully saturated rings. The molecule has 0 bridgehead atoms. The highest BCUT2D eigenvalue weighted by Crippen LogP contribution is 2.31. The minimum atomic E-state index is -4.52. The Balaban J connectivity index is 2.11. The molecule has 0 saturated carbocycles. The van der Waals surface area contributed by atoms with Crippen LogP contribution in [-0.2, 0) is 6.18 Å². The Hall–Kier alpha value is -2.03. The van der Waals surface area contributed by atoms with Gasteiger partial charge in [-0.1, -0.05) is 0 Å². The van der Waals surface area contributed by atoms with Gasteiger partial charge in [-0.2, -0.15) is 13.2 Å². The fourth-order valence-electron chi connectivity index (χ4n) is 1.13. The highest BCUT2D eigenvalue weighted by molar-refractivity contribution is 7.14. The van der Waals surface area contributed by atoms with Gasteiger partial charge in [0.25, 0.3) is 5.91 Å². The molecular formula is C10H7F3N4OS. The lowest BCUT2D eigenvalue weighted by Gasteiger charge is -2.01. The second-order valence-electron chi connectivity index (χ2n) is 3.53. The maximum atomic E-state index is 12.3. The van der Waals surface area contributed by atoms with E-state index in [9.17, 15) is 18.0 Å². The molecule has 2 heterocycles. The third-order valence-corrected chi connectivity index (χ3v) is 2.79. The Morgan fingerprint density at radius 1 is 1.32 bits per heavy atom. The van der Waals surface area contributed by atoms with E-state index in [4.69, 9.17) is 0 Å². The van der Waals surface area contributed by atoms with Crippen LogP contribution in [0.1, 0.15) is 21.9 Å². The summed E-state index contributed by atoms with van der Waals surface area (Å²) >= 11 is 0.691. The fourth-order valence-corrected chi connectivity index (χ4v) is 1.84. The fraction of sp³-hybridized carbons (Fsp3) is 0.200. The van der Waals surface area contributed by atoms with Crippen molar-refractivity contribution in [2.24, 2.45) is 0 Å². The number of carbonyl (C=O) groups is 1. The number of aryl methyl sites for hydroxylation is 1. The zero-order valence-corrected chi connectivity index (χ0v) is 10.3. The van der Waals surface area contributed by atoms with Crippen molar-refractivity contribution in [1.82, 2.24) is 15.0 Å². The number of hydrogen-bond donors (Lipinski definition) is 1. The summed E-state index contributed by atoms with van der Waals surface area (Å²) in [6.07, 6.45) is -1.90. The van der Waals surface area contributed by atoms with Crippen molar-refractivity contribution in [3.8, 4) is 0 Å². The summed E-state index contributed by atoms with van der Waals surface area (Å²) < 4.78 is 36.9. The van der Waals surface area contributed by atoms with Crippen LogP contribution in [0.3, 0.4) is 0 Å². The Kier molecular flexibility index (Phi) is 3.47. The highest BCUT2D eigenvalue weighted by Gasteiger charge is 2.33. The van der Waals surface area contributed by atoms with Crippen LogP contribution < -0.4 is 5.32 Å². The van der Waals surface area contributed by atoms with Gasteiger partial charge < -0.3 is 0 Å². The highest BCUT2D eigenvalue weighted by atomic mass is 32.1. The first-order valence-electron chi connectivity index (χ1n) is 4.99. The normalized spacial score (nSPS) is 11.4. The average molecular weight is 288 g/mol. The summed E-state index contributed by atoms with van der Waals surface area (Å²) in [5.41, 5.74) is -0.401. The van der Waals surface area contributed by atoms with E-state index in [1.54, 1.807) is 6.92 Å². The summed E-state index contributed by atoms with van der Waals surface area (Å²) in [6.45, 7) is 1.70. The maximum absolute atomic E-state index is 12.3. The molecule has 0 unspecified atom stereocenters. The van der Waals surface area contributed by atoms with E-state index >= 15 is 0 Å². The van der Waals surface area contributed by atoms with Gasteiger partial charge in [0.05, 0.1) is 11.9 Å². The Morgan fingerprint density at radius 2 is 2.05 bits per heavy atom. The van der Waals surface area contributed by atoms with E-state index in [0.29, 0.717) is 17.0 Å². The van der Waals surface area contributed by atoms with Crippen LogP contribution in [0.5, 0.6) is 0 Å². The van der Waals surface area contributed by atoms with Gasteiger partial charge in [0.2, 0.25) is 0 Å². The number of rotatable bonds is 2. The molecule has 0 aliphatic carbocycles. The SMILES string of the molecule is Cc1cnc(C(=O)Nc2nc(C(F)(F)F)cs2)cn1. The van der Waals surface area contributed by atoms with E-state index in [0.717, 1.165) is 5.38 Å². The second-order valence-corrected chi connectivity index (χ2v) is 4.39. The number of nitrogens with zero attached hydrogens (tertiary/aromatic N) is 3. The number of amides is 1. The van der Waals surface area contributed by atoms with E-state index in [-0.39, 0.29) is 10.8 Å². The van der Waals surface area contributed by atoms with E-state index < -0.39 is 17.8 Å². The van der Waals surface area contributed by atoms with Crippen molar-refractivity contribution < 1.29 is 18.0 Å². The molecular weight excluding hydrogens is 281 g/mol. The second kappa shape index (κ2) is 4.92. The summed E-state index contributed by atoms with van der Waals surface area (Å²) in [4.78, 5) is 22.6. The molecule has 1 amide bonds. The lowest BCUT2D eigenvalue weighted by molar-refractivity contribution is -0.140. The Bertz CT molecular complexity index is 594. The van der Waals surface area contributed by atoms with Crippen LogP contribution in [-0.4, -0.2) is 20.9 Å². The number of anilines is 1. The van der Waals surface area contributed by atoms with Crippen LogP contribution in [0.4, 0.5) is 18.3 Å². The lowest BCUT2D eigenvalue weighted by atomic mass is 10.4. The van der Waals surface area contributed by atoms with Crippen LogP contribution in [0.15, 0.2) is 17.8 Å². The van der Waals surface area contributed by atoms with Crippen LogP contribution >= 0.6 is 11.3 Å². The first-order chi connectivity index (χ1) is 8.86. The zero-order chi connectivity index (χ0) is 14.0. The maximum Gasteiger partial charge on any atom is 0.434 e. The Labute approximate surface area is 109 Å². The van der Waals surface area contributed by atoms with Gasteiger partial charge in [-0.05, 0) is 6.92 Å². The monoisotopic (exact) mass is 288 g/mol. The summed E-state index contributed by atoms with van der Waals surface area (Å²) in [5, 5.41) is 2.93. The third-order valence-electron chi connectivity index (χ3n) is 2.03.